The van der Waals surface area contributed by atoms with Crippen LogP contribution in [0.3, 0.4) is 0 Å². The molecule has 120 valence electrons. The smallest absolute Gasteiger partial charge is 0.387 e. The zero-order valence-electron chi connectivity index (χ0n) is 11.6. The molecule has 1 aliphatic rings. The number of hydrogen-bond donors (Lipinski definition) is 2. The zero-order chi connectivity index (χ0) is 16.2. The van der Waals surface area contributed by atoms with E-state index in [0.29, 0.717) is 0 Å². The van der Waals surface area contributed by atoms with Crippen molar-refractivity contribution in [2.45, 2.75) is 25.0 Å². The Labute approximate surface area is 125 Å². The SMILES string of the molecule is O=C(NC1(C(=O)O)CCOCC1)c1ccc(OC(F)F)cc1. The minimum atomic E-state index is -2.95. The van der Waals surface area contributed by atoms with Gasteiger partial charge >= 0.3 is 12.6 Å². The number of carboxylic acid groups (broad SMARTS) is 1. The number of ether oxygens (including phenoxy) is 2. The topological polar surface area (TPSA) is 84.9 Å². The fourth-order valence-electron chi connectivity index (χ4n) is 2.19. The highest BCUT2D eigenvalue weighted by atomic mass is 19.3. The van der Waals surface area contributed by atoms with Crippen molar-refractivity contribution in [2.75, 3.05) is 13.2 Å². The molecule has 1 saturated heterocycles. The lowest BCUT2D eigenvalue weighted by Gasteiger charge is -2.33. The lowest BCUT2D eigenvalue weighted by atomic mass is 9.89. The lowest BCUT2D eigenvalue weighted by molar-refractivity contribution is -0.148. The standard InChI is InChI=1S/C14H15F2NO5/c15-13(16)22-10-3-1-9(2-4-10)11(18)17-14(12(19)20)5-7-21-8-6-14/h1-4,13H,5-8H2,(H,17,18)(H,19,20). The van der Waals surface area contributed by atoms with E-state index in [1.165, 1.54) is 24.3 Å². The molecule has 0 aliphatic carbocycles. The van der Waals surface area contributed by atoms with E-state index in [2.05, 4.69) is 10.1 Å². The van der Waals surface area contributed by atoms with Crippen LogP contribution in [0.2, 0.25) is 0 Å². The van der Waals surface area contributed by atoms with Gasteiger partial charge in [-0.1, -0.05) is 0 Å². The molecule has 0 radical (unpaired) electrons. The second-order valence-electron chi connectivity index (χ2n) is 4.86. The minimum absolute atomic E-state index is 0.0782. The van der Waals surface area contributed by atoms with E-state index in [1.54, 1.807) is 0 Å². The molecular formula is C14H15F2NO5. The van der Waals surface area contributed by atoms with Crippen LogP contribution in [0.15, 0.2) is 24.3 Å². The first-order valence-corrected chi connectivity index (χ1v) is 6.61. The molecule has 0 aromatic heterocycles. The number of rotatable bonds is 5. The molecule has 1 aliphatic heterocycles. The van der Waals surface area contributed by atoms with Crippen LogP contribution in [-0.4, -0.2) is 42.3 Å². The molecule has 1 aromatic rings. The van der Waals surface area contributed by atoms with Crippen LogP contribution in [0.1, 0.15) is 23.2 Å². The molecule has 0 atom stereocenters. The number of alkyl halides is 2. The Morgan fingerprint density at radius 2 is 1.82 bits per heavy atom. The van der Waals surface area contributed by atoms with Crippen molar-refractivity contribution in [3.05, 3.63) is 29.8 Å². The van der Waals surface area contributed by atoms with Gasteiger partial charge in [0, 0.05) is 31.6 Å². The van der Waals surface area contributed by atoms with Crippen molar-refractivity contribution in [1.82, 2.24) is 5.32 Å². The van der Waals surface area contributed by atoms with Crippen LogP contribution in [-0.2, 0) is 9.53 Å². The highest BCUT2D eigenvalue weighted by molar-refractivity contribution is 5.98. The number of carbonyl (C=O) groups is 2. The molecule has 1 heterocycles. The van der Waals surface area contributed by atoms with Gasteiger partial charge in [-0.15, -0.1) is 0 Å². The fraction of sp³-hybridized carbons (Fsp3) is 0.429. The van der Waals surface area contributed by atoms with Crippen LogP contribution in [0.25, 0.3) is 0 Å². The molecule has 0 unspecified atom stereocenters. The van der Waals surface area contributed by atoms with Crippen molar-refractivity contribution in [1.29, 1.82) is 0 Å². The Hall–Kier alpha value is -2.22. The number of carboxylic acids is 1. The molecular weight excluding hydrogens is 300 g/mol. The number of carbonyl (C=O) groups excluding carboxylic acids is 1. The Kier molecular flexibility index (Phi) is 4.92. The van der Waals surface area contributed by atoms with Gasteiger partial charge in [0.2, 0.25) is 0 Å². The summed E-state index contributed by atoms with van der Waals surface area (Å²) in [5.41, 5.74) is -1.21. The summed E-state index contributed by atoms with van der Waals surface area (Å²) in [6.07, 6.45) is 0.335. The second-order valence-corrected chi connectivity index (χ2v) is 4.86. The van der Waals surface area contributed by atoms with Crippen LogP contribution in [0, 0.1) is 0 Å². The van der Waals surface area contributed by atoms with E-state index >= 15 is 0 Å². The molecule has 8 heteroatoms. The Morgan fingerprint density at radius 1 is 1.23 bits per heavy atom. The molecule has 2 N–H and O–H groups in total. The third kappa shape index (κ3) is 3.70. The van der Waals surface area contributed by atoms with Gasteiger partial charge in [0.25, 0.3) is 5.91 Å². The number of halogens is 2. The van der Waals surface area contributed by atoms with Crippen molar-refractivity contribution in [3.8, 4) is 5.75 Å². The van der Waals surface area contributed by atoms with E-state index < -0.39 is 24.0 Å². The average molecular weight is 315 g/mol. The van der Waals surface area contributed by atoms with Gasteiger partial charge in [-0.3, -0.25) is 4.79 Å². The molecule has 2 rings (SSSR count). The van der Waals surface area contributed by atoms with Crippen LogP contribution in [0.4, 0.5) is 8.78 Å². The van der Waals surface area contributed by atoms with E-state index in [0.717, 1.165) is 0 Å². The summed E-state index contributed by atoms with van der Waals surface area (Å²) >= 11 is 0. The summed E-state index contributed by atoms with van der Waals surface area (Å²) in [5.74, 6) is -1.79. The van der Waals surface area contributed by atoms with Crippen molar-refractivity contribution >= 4 is 11.9 Å². The van der Waals surface area contributed by atoms with Gasteiger partial charge in [0.05, 0.1) is 0 Å². The zero-order valence-corrected chi connectivity index (χ0v) is 11.6. The fourth-order valence-corrected chi connectivity index (χ4v) is 2.19. The molecule has 6 nitrogen and oxygen atoms in total. The minimum Gasteiger partial charge on any atom is -0.480 e. The summed E-state index contributed by atoms with van der Waals surface area (Å²) < 4.78 is 33.4. The molecule has 1 amide bonds. The second kappa shape index (κ2) is 6.69. The van der Waals surface area contributed by atoms with Gasteiger partial charge in [0.15, 0.2) is 0 Å². The van der Waals surface area contributed by atoms with Crippen LogP contribution in [0.5, 0.6) is 5.75 Å². The predicted octanol–water partition coefficient (Wildman–Crippen LogP) is 1.65. The summed E-state index contributed by atoms with van der Waals surface area (Å²) in [6.45, 7) is -2.46. The third-order valence-corrected chi connectivity index (χ3v) is 3.45. The quantitative estimate of drug-likeness (QED) is 0.863. The van der Waals surface area contributed by atoms with Gasteiger partial charge < -0.3 is 19.9 Å². The normalized spacial score (nSPS) is 17.0. The average Bonchev–Trinajstić information content (AvgIpc) is 2.48. The maximum Gasteiger partial charge on any atom is 0.387 e. The van der Waals surface area contributed by atoms with Crippen LogP contribution >= 0.6 is 0 Å². The van der Waals surface area contributed by atoms with Gasteiger partial charge in [-0.2, -0.15) is 8.78 Å². The largest absolute Gasteiger partial charge is 0.480 e. The Bertz CT molecular complexity index is 541. The highest BCUT2D eigenvalue weighted by Crippen LogP contribution is 2.22. The van der Waals surface area contributed by atoms with E-state index in [1.807, 2.05) is 0 Å². The maximum absolute atomic E-state index is 12.2. The molecule has 1 fully saturated rings. The van der Waals surface area contributed by atoms with Crippen LogP contribution < -0.4 is 10.1 Å². The maximum atomic E-state index is 12.2. The monoisotopic (exact) mass is 315 g/mol. The molecule has 0 saturated carbocycles. The van der Waals surface area contributed by atoms with Crippen molar-refractivity contribution in [3.63, 3.8) is 0 Å². The van der Waals surface area contributed by atoms with Gasteiger partial charge in [-0.05, 0) is 24.3 Å². The Balaban J connectivity index is 2.08. The molecule has 0 bridgehead atoms. The molecule has 0 spiro atoms. The molecule has 22 heavy (non-hydrogen) atoms. The van der Waals surface area contributed by atoms with E-state index in [4.69, 9.17) is 4.74 Å². The van der Waals surface area contributed by atoms with Gasteiger partial charge in [-0.25, -0.2) is 4.79 Å². The summed E-state index contributed by atoms with van der Waals surface area (Å²) in [6, 6.07) is 5.03. The summed E-state index contributed by atoms with van der Waals surface area (Å²) in [4.78, 5) is 23.6. The van der Waals surface area contributed by atoms with Crippen molar-refractivity contribution in [2.24, 2.45) is 0 Å². The summed E-state index contributed by atoms with van der Waals surface area (Å²) in [7, 11) is 0. The lowest BCUT2D eigenvalue weighted by Crippen LogP contribution is -2.57. The third-order valence-electron chi connectivity index (χ3n) is 3.45. The Morgan fingerprint density at radius 3 is 2.32 bits per heavy atom. The predicted molar refractivity (Wildman–Crippen MR) is 71.0 cm³/mol. The number of benzene rings is 1. The summed E-state index contributed by atoms with van der Waals surface area (Å²) in [5, 5.41) is 11.9. The number of amides is 1. The first-order valence-electron chi connectivity index (χ1n) is 6.61. The van der Waals surface area contributed by atoms with Gasteiger partial charge in [0.1, 0.15) is 11.3 Å². The highest BCUT2D eigenvalue weighted by Gasteiger charge is 2.41. The number of aliphatic carboxylic acids is 1. The van der Waals surface area contributed by atoms with E-state index in [9.17, 15) is 23.5 Å². The first kappa shape index (κ1) is 16.2. The van der Waals surface area contributed by atoms with Crippen molar-refractivity contribution < 1.29 is 33.0 Å². The number of nitrogens with one attached hydrogen (secondary N) is 1. The van der Waals surface area contributed by atoms with E-state index in [-0.39, 0.29) is 37.4 Å². The first-order chi connectivity index (χ1) is 10.4. The molecule has 1 aromatic carbocycles. The number of hydrogen-bond acceptors (Lipinski definition) is 4.